The van der Waals surface area contributed by atoms with Crippen molar-refractivity contribution in [2.45, 2.75) is 32.2 Å². The van der Waals surface area contributed by atoms with Crippen LogP contribution in [-0.2, 0) is 11.3 Å². The number of amides is 1. The molecule has 1 aromatic heterocycles. The Morgan fingerprint density at radius 1 is 1.23 bits per heavy atom. The number of fused-ring (bicyclic) bond motifs is 1. The van der Waals surface area contributed by atoms with Gasteiger partial charge in [0.25, 0.3) is 0 Å². The Morgan fingerprint density at radius 2 is 2.05 bits per heavy atom. The van der Waals surface area contributed by atoms with Gasteiger partial charge in [0.2, 0.25) is 5.91 Å². The molecular formula is C18H23N3O. The van der Waals surface area contributed by atoms with E-state index in [0.29, 0.717) is 18.9 Å². The highest BCUT2D eigenvalue weighted by molar-refractivity contribution is 5.84. The molecule has 0 unspecified atom stereocenters. The number of benzene rings is 1. The fourth-order valence-corrected chi connectivity index (χ4v) is 3.10. The van der Waals surface area contributed by atoms with E-state index in [1.54, 1.807) is 6.20 Å². The Kier molecular flexibility index (Phi) is 5.01. The lowest BCUT2D eigenvalue weighted by atomic mass is 9.93. The summed E-state index contributed by atoms with van der Waals surface area (Å²) in [6, 6.07) is 10.1. The zero-order valence-corrected chi connectivity index (χ0v) is 12.8. The predicted octanol–water partition coefficient (Wildman–Crippen LogP) is 2.63. The summed E-state index contributed by atoms with van der Waals surface area (Å²) in [5.74, 6) is 0.830. The number of nitrogens with one attached hydrogen (secondary N) is 2. The molecule has 4 nitrogen and oxygen atoms in total. The van der Waals surface area contributed by atoms with Crippen LogP contribution in [0.3, 0.4) is 0 Å². The molecule has 0 atom stereocenters. The minimum Gasteiger partial charge on any atom is -0.350 e. The van der Waals surface area contributed by atoms with Crippen LogP contribution in [-0.4, -0.2) is 24.0 Å². The van der Waals surface area contributed by atoms with Crippen molar-refractivity contribution in [3.05, 3.63) is 42.2 Å². The molecule has 22 heavy (non-hydrogen) atoms. The monoisotopic (exact) mass is 297 g/mol. The van der Waals surface area contributed by atoms with Crippen LogP contribution < -0.4 is 10.6 Å². The molecule has 4 heteroatoms. The van der Waals surface area contributed by atoms with Gasteiger partial charge in [0, 0.05) is 18.0 Å². The van der Waals surface area contributed by atoms with Crippen molar-refractivity contribution in [3.63, 3.8) is 0 Å². The van der Waals surface area contributed by atoms with E-state index in [1.165, 1.54) is 12.8 Å². The zero-order valence-electron chi connectivity index (χ0n) is 12.8. The molecule has 0 bridgehead atoms. The minimum absolute atomic E-state index is 0.133. The summed E-state index contributed by atoms with van der Waals surface area (Å²) in [5.41, 5.74) is 0.938. The van der Waals surface area contributed by atoms with E-state index in [9.17, 15) is 4.79 Å². The van der Waals surface area contributed by atoms with Crippen molar-refractivity contribution in [3.8, 4) is 0 Å². The summed E-state index contributed by atoms with van der Waals surface area (Å²) < 4.78 is 0. The molecule has 0 spiro atoms. The first-order valence-corrected chi connectivity index (χ1v) is 8.13. The van der Waals surface area contributed by atoms with Gasteiger partial charge in [0.15, 0.2) is 0 Å². The van der Waals surface area contributed by atoms with E-state index in [-0.39, 0.29) is 5.91 Å². The molecular weight excluding hydrogens is 274 g/mol. The summed E-state index contributed by atoms with van der Waals surface area (Å²) in [6.07, 6.45) is 5.81. The number of carbonyl (C=O) groups excluding carboxylic acids is 1. The van der Waals surface area contributed by atoms with Gasteiger partial charge in [0.1, 0.15) is 0 Å². The Bertz CT molecular complexity index is 630. The number of hydrogen-bond acceptors (Lipinski definition) is 3. The second-order valence-corrected chi connectivity index (χ2v) is 5.99. The number of piperidine rings is 1. The van der Waals surface area contributed by atoms with Crippen molar-refractivity contribution in [2.75, 3.05) is 13.1 Å². The molecule has 1 aromatic carbocycles. The van der Waals surface area contributed by atoms with E-state index in [1.807, 2.05) is 18.2 Å². The molecule has 3 rings (SSSR count). The number of aromatic nitrogens is 1. The smallest absolute Gasteiger partial charge is 0.220 e. The molecule has 0 aliphatic carbocycles. The van der Waals surface area contributed by atoms with Gasteiger partial charge < -0.3 is 10.6 Å². The van der Waals surface area contributed by atoms with Crippen LogP contribution in [0, 0.1) is 5.92 Å². The highest BCUT2D eigenvalue weighted by Crippen LogP contribution is 2.18. The van der Waals surface area contributed by atoms with Gasteiger partial charge in [-0.25, -0.2) is 0 Å². The molecule has 2 heterocycles. The molecule has 1 aliphatic rings. The lowest BCUT2D eigenvalue weighted by molar-refractivity contribution is -0.121. The fraction of sp³-hybridized carbons (Fsp3) is 0.444. The predicted molar refractivity (Wildman–Crippen MR) is 88.4 cm³/mol. The number of pyridine rings is 1. The van der Waals surface area contributed by atoms with Crippen LogP contribution >= 0.6 is 0 Å². The van der Waals surface area contributed by atoms with Crippen molar-refractivity contribution in [1.82, 2.24) is 15.6 Å². The second kappa shape index (κ2) is 7.36. The number of hydrogen-bond donors (Lipinski definition) is 2. The van der Waals surface area contributed by atoms with E-state index in [0.717, 1.165) is 36.0 Å². The Balaban J connectivity index is 1.51. The third-order valence-corrected chi connectivity index (χ3v) is 4.45. The van der Waals surface area contributed by atoms with Crippen LogP contribution in [0.25, 0.3) is 10.8 Å². The van der Waals surface area contributed by atoms with Crippen LogP contribution in [0.5, 0.6) is 0 Å². The van der Waals surface area contributed by atoms with Gasteiger partial charge in [-0.15, -0.1) is 0 Å². The van der Waals surface area contributed by atoms with Crippen molar-refractivity contribution < 1.29 is 4.79 Å². The first kappa shape index (κ1) is 15.0. The summed E-state index contributed by atoms with van der Waals surface area (Å²) in [5, 5.41) is 8.65. The molecule has 0 radical (unpaired) electrons. The number of carbonyl (C=O) groups is 1. The van der Waals surface area contributed by atoms with Crippen molar-refractivity contribution in [1.29, 1.82) is 0 Å². The summed E-state index contributed by atoms with van der Waals surface area (Å²) in [4.78, 5) is 16.4. The second-order valence-electron chi connectivity index (χ2n) is 5.99. The van der Waals surface area contributed by atoms with Crippen molar-refractivity contribution in [2.24, 2.45) is 5.92 Å². The fourth-order valence-electron chi connectivity index (χ4n) is 3.10. The SMILES string of the molecule is O=C(CCC1CCNCC1)NCc1nccc2ccccc12. The van der Waals surface area contributed by atoms with E-state index in [4.69, 9.17) is 0 Å². The standard InChI is InChI=1S/C18H23N3O/c22-18(6-5-14-7-10-19-11-8-14)21-13-17-16-4-2-1-3-15(16)9-12-20-17/h1-4,9,12,14,19H,5-8,10-11,13H2,(H,21,22). The van der Waals surface area contributed by atoms with E-state index < -0.39 is 0 Å². The summed E-state index contributed by atoms with van der Waals surface area (Å²) in [7, 11) is 0. The van der Waals surface area contributed by atoms with Crippen LogP contribution in [0.4, 0.5) is 0 Å². The first-order chi connectivity index (χ1) is 10.8. The maximum Gasteiger partial charge on any atom is 0.220 e. The number of nitrogens with zero attached hydrogens (tertiary/aromatic N) is 1. The largest absolute Gasteiger partial charge is 0.350 e. The maximum absolute atomic E-state index is 12.0. The molecule has 1 aliphatic heterocycles. The molecule has 116 valence electrons. The van der Waals surface area contributed by atoms with Gasteiger partial charge in [-0.05, 0) is 49.7 Å². The Hall–Kier alpha value is -1.94. The highest BCUT2D eigenvalue weighted by Gasteiger charge is 2.14. The van der Waals surface area contributed by atoms with Crippen LogP contribution in [0.15, 0.2) is 36.5 Å². The third kappa shape index (κ3) is 3.83. The maximum atomic E-state index is 12.0. The molecule has 2 aromatic rings. The summed E-state index contributed by atoms with van der Waals surface area (Å²) in [6.45, 7) is 2.69. The highest BCUT2D eigenvalue weighted by atomic mass is 16.1. The third-order valence-electron chi connectivity index (χ3n) is 4.45. The van der Waals surface area contributed by atoms with E-state index in [2.05, 4.69) is 27.8 Å². The Morgan fingerprint density at radius 3 is 2.91 bits per heavy atom. The average molecular weight is 297 g/mol. The molecule has 1 amide bonds. The lowest BCUT2D eigenvalue weighted by Crippen LogP contribution is -2.29. The van der Waals surface area contributed by atoms with Gasteiger partial charge in [-0.1, -0.05) is 24.3 Å². The van der Waals surface area contributed by atoms with Gasteiger partial charge in [0.05, 0.1) is 12.2 Å². The minimum atomic E-state index is 0.133. The van der Waals surface area contributed by atoms with Crippen LogP contribution in [0.2, 0.25) is 0 Å². The quantitative estimate of drug-likeness (QED) is 0.892. The van der Waals surface area contributed by atoms with Gasteiger partial charge in [-0.2, -0.15) is 0 Å². The molecule has 1 fully saturated rings. The van der Waals surface area contributed by atoms with Crippen LogP contribution in [0.1, 0.15) is 31.4 Å². The normalized spacial score (nSPS) is 15.8. The molecule has 2 N–H and O–H groups in total. The van der Waals surface area contributed by atoms with Gasteiger partial charge in [-0.3, -0.25) is 9.78 Å². The van der Waals surface area contributed by atoms with E-state index >= 15 is 0 Å². The molecule has 0 saturated carbocycles. The summed E-state index contributed by atoms with van der Waals surface area (Å²) >= 11 is 0. The molecule has 1 saturated heterocycles. The zero-order chi connectivity index (χ0) is 15.2. The van der Waals surface area contributed by atoms with Gasteiger partial charge >= 0.3 is 0 Å². The lowest BCUT2D eigenvalue weighted by Gasteiger charge is -2.22. The number of rotatable bonds is 5. The average Bonchev–Trinajstić information content (AvgIpc) is 2.59. The Labute approximate surface area is 131 Å². The van der Waals surface area contributed by atoms with Crippen molar-refractivity contribution >= 4 is 16.7 Å². The topological polar surface area (TPSA) is 54.0 Å². The first-order valence-electron chi connectivity index (χ1n) is 8.13.